The number of hydrogen-bond donors (Lipinski definition) is 2. The number of hydrogen-bond acceptors (Lipinski definition) is 4. The van der Waals surface area contributed by atoms with Gasteiger partial charge in [-0.2, -0.15) is 0 Å². The normalized spacial score (nSPS) is 24.4. The molecule has 2 atom stereocenters. The summed E-state index contributed by atoms with van der Waals surface area (Å²) < 4.78 is 1.12. The number of aromatic nitrogens is 1. The molecule has 1 aromatic carbocycles. The van der Waals surface area contributed by atoms with Crippen LogP contribution in [0, 0.1) is 0 Å². The highest BCUT2D eigenvalue weighted by Crippen LogP contribution is 2.30. The van der Waals surface area contributed by atoms with E-state index in [2.05, 4.69) is 10.3 Å². The Morgan fingerprint density at radius 3 is 3.06 bits per heavy atom. The molecule has 1 heterocycles. The van der Waals surface area contributed by atoms with Crippen LogP contribution in [0.2, 0.25) is 5.02 Å². The van der Waals surface area contributed by atoms with Crippen LogP contribution in [-0.4, -0.2) is 17.1 Å². The van der Waals surface area contributed by atoms with Crippen LogP contribution in [0.4, 0.5) is 5.13 Å². The highest BCUT2D eigenvalue weighted by molar-refractivity contribution is 7.22. The van der Waals surface area contributed by atoms with Crippen LogP contribution in [0.5, 0.6) is 0 Å². The standard InChI is InChI=1S/C12H14ClN3S/c13-7-4-5-10-11(6-7)17-12(16-10)15-9-3-1-2-8(9)14/h4-6,8-9H,1-3,14H2,(H,15,16)/t8-,9+/m1/s1. The van der Waals surface area contributed by atoms with Crippen LogP contribution < -0.4 is 11.1 Å². The molecule has 1 aliphatic carbocycles. The van der Waals surface area contributed by atoms with Gasteiger partial charge in [0.05, 0.1) is 10.2 Å². The fourth-order valence-corrected chi connectivity index (χ4v) is 3.49. The molecule has 1 fully saturated rings. The molecule has 5 heteroatoms. The summed E-state index contributed by atoms with van der Waals surface area (Å²) in [6, 6.07) is 6.40. The highest BCUT2D eigenvalue weighted by atomic mass is 35.5. The first-order chi connectivity index (χ1) is 8.22. The van der Waals surface area contributed by atoms with Gasteiger partial charge in [-0.15, -0.1) is 0 Å². The van der Waals surface area contributed by atoms with E-state index in [1.165, 1.54) is 6.42 Å². The lowest BCUT2D eigenvalue weighted by Gasteiger charge is -2.15. The SMILES string of the molecule is N[C@@H]1CCC[C@@H]1Nc1nc2ccc(Cl)cc2s1. The predicted octanol–water partition coefficient (Wildman–Crippen LogP) is 3.24. The second kappa shape index (κ2) is 4.44. The maximum Gasteiger partial charge on any atom is 0.184 e. The summed E-state index contributed by atoms with van der Waals surface area (Å²) in [5, 5.41) is 5.14. The van der Waals surface area contributed by atoms with Crippen molar-refractivity contribution in [3.63, 3.8) is 0 Å². The van der Waals surface area contributed by atoms with Crippen molar-refractivity contribution in [2.75, 3.05) is 5.32 Å². The second-order valence-corrected chi connectivity index (χ2v) is 5.94. The van der Waals surface area contributed by atoms with Crippen LogP contribution in [-0.2, 0) is 0 Å². The van der Waals surface area contributed by atoms with Crippen LogP contribution in [0.25, 0.3) is 10.2 Å². The molecule has 0 aliphatic heterocycles. The minimum atomic E-state index is 0.255. The van der Waals surface area contributed by atoms with E-state index in [0.717, 1.165) is 33.2 Å². The monoisotopic (exact) mass is 267 g/mol. The maximum absolute atomic E-state index is 6.04. The Morgan fingerprint density at radius 2 is 2.29 bits per heavy atom. The molecule has 0 bridgehead atoms. The van der Waals surface area contributed by atoms with Gasteiger partial charge in [0.25, 0.3) is 0 Å². The smallest absolute Gasteiger partial charge is 0.184 e. The summed E-state index contributed by atoms with van der Waals surface area (Å²) in [5.74, 6) is 0. The minimum Gasteiger partial charge on any atom is -0.357 e. The largest absolute Gasteiger partial charge is 0.357 e. The van der Waals surface area contributed by atoms with Crippen molar-refractivity contribution in [3.8, 4) is 0 Å². The number of benzene rings is 1. The summed E-state index contributed by atoms with van der Waals surface area (Å²) in [5.41, 5.74) is 7.03. The van der Waals surface area contributed by atoms with Crippen molar-refractivity contribution in [2.45, 2.75) is 31.3 Å². The van der Waals surface area contributed by atoms with E-state index < -0.39 is 0 Å². The Kier molecular flexibility index (Phi) is 2.94. The highest BCUT2D eigenvalue weighted by Gasteiger charge is 2.24. The molecule has 1 aromatic heterocycles. The van der Waals surface area contributed by atoms with Gasteiger partial charge in [0.1, 0.15) is 0 Å². The summed E-state index contributed by atoms with van der Waals surface area (Å²) in [6.45, 7) is 0. The molecule has 3 N–H and O–H groups in total. The number of anilines is 1. The first-order valence-electron chi connectivity index (χ1n) is 5.80. The van der Waals surface area contributed by atoms with Crippen molar-refractivity contribution >= 4 is 38.3 Å². The lowest BCUT2D eigenvalue weighted by Crippen LogP contribution is -2.35. The molecular formula is C12H14ClN3S. The van der Waals surface area contributed by atoms with Crippen LogP contribution in [0.15, 0.2) is 18.2 Å². The molecule has 2 aromatic rings. The zero-order valence-electron chi connectivity index (χ0n) is 9.32. The first kappa shape index (κ1) is 11.3. The van der Waals surface area contributed by atoms with E-state index in [9.17, 15) is 0 Å². The van der Waals surface area contributed by atoms with Gasteiger partial charge in [0, 0.05) is 17.1 Å². The van der Waals surface area contributed by atoms with Gasteiger partial charge < -0.3 is 11.1 Å². The Hall–Kier alpha value is -0.840. The Labute approximate surface area is 109 Å². The molecular weight excluding hydrogens is 254 g/mol. The molecule has 1 aliphatic rings. The van der Waals surface area contributed by atoms with Crippen molar-refractivity contribution in [1.82, 2.24) is 4.98 Å². The minimum absolute atomic E-state index is 0.255. The predicted molar refractivity (Wildman–Crippen MR) is 73.9 cm³/mol. The van der Waals surface area contributed by atoms with Gasteiger partial charge in [0.2, 0.25) is 0 Å². The molecule has 3 rings (SSSR count). The zero-order chi connectivity index (χ0) is 11.8. The second-order valence-electron chi connectivity index (χ2n) is 4.48. The zero-order valence-corrected chi connectivity index (χ0v) is 10.9. The van der Waals surface area contributed by atoms with Gasteiger partial charge in [0.15, 0.2) is 5.13 Å². The number of nitrogens with two attached hydrogens (primary N) is 1. The van der Waals surface area contributed by atoms with Crippen molar-refractivity contribution in [1.29, 1.82) is 0 Å². The van der Waals surface area contributed by atoms with Gasteiger partial charge in [-0.25, -0.2) is 4.98 Å². The van der Waals surface area contributed by atoms with E-state index >= 15 is 0 Å². The van der Waals surface area contributed by atoms with E-state index in [4.69, 9.17) is 17.3 Å². The van der Waals surface area contributed by atoms with Gasteiger partial charge in [-0.3, -0.25) is 0 Å². The Balaban J connectivity index is 1.85. The summed E-state index contributed by atoms with van der Waals surface area (Å²) in [7, 11) is 0. The van der Waals surface area contributed by atoms with Crippen molar-refractivity contribution < 1.29 is 0 Å². The Morgan fingerprint density at radius 1 is 1.41 bits per heavy atom. The number of fused-ring (bicyclic) bond motifs is 1. The molecule has 1 saturated carbocycles. The maximum atomic E-state index is 6.04. The number of nitrogens with zero attached hydrogens (tertiary/aromatic N) is 1. The van der Waals surface area contributed by atoms with Crippen molar-refractivity contribution in [3.05, 3.63) is 23.2 Å². The number of nitrogens with one attached hydrogen (secondary N) is 1. The number of halogens is 1. The molecule has 0 spiro atoms. The number of rotatable bonds is 2. The van der Waals surface area contributed by atoms with E-state index in [1.54, 1.807) is 11.3 Å². The lowest BCUT2D eigenvalue weighted by atomic mass is 10.2. The average Bonchev–Trinajstić information content (AvgIpc) is 2.85. The van der Waals surface area contributed by atoms with Crippen molar-refractivity contribution in [2.24, 2.45) is 5.73 Å². The lowest BCUT2D eigenvalue weighted by molar-refractivity contribution is 0.637. The Bertz CT molecular complexity index is 540. The fraction of sp³-hybridized carbons (Fsp3) is 0.417. The molecule has 90 valence electrons. The third-order valence-corrected chi connectivity index (χ3v) is 4.41. The number of thiazole rings is 1. The first-order valence-corrected chi connectivity index (χ1v) is 7.00. The summed E-state index contributed by atoms with van der Waals surface area (Å²) in [6.07, 6.45) is 3.45. The fourth-order valence-electron chi connectivity index (χ4n) is 2.29. The van der Waals surface area contributed by atoms with E-state index in [0.29, 0.717) is 6.04 Å². The van der Waals surface area contributed by atoms with E-state index in [-0.39, 0.29) is 6.04 Å². The summed E-state index contributed by atoms with van der Waals surface area (Å²) >= 11 is 7.60. The molecule has 17 heavy (non-hydrogen) atoms. The molecule has 0 unspecified atom stereocenters. The molecule has 0 radical (unpaired) electrons. The average molecular weight is 268 g/mol. The third-order valence-electron chi connectivity index (χ3n) is 3.23. The van der Waals surface area contributed by atoms with E-state index in [1.807, 2.05) is 18.2 Å². The molecule has 0 amide bonds. The van der Waals surface area contributed by atoms with Gasteiger partial charge in [-0.1, -0.05) is 22.9 Å². The third kappa shape index (κ3) is 2.25. The van der Waals surface area contributed by atoms with Crippen LogP contribution in [0.3, 0.4) is 0 Å². The molecule has 0 saturated heterocycles. The van der Waals surface area contributed by atoms with Gasteiger partial charge in [-0.05, 0) is 37.5 Å². The topological polar surface area (TPSA) is 50.9 Å². The summed E-state index contributed by atoms with van der Waals surface area (Å²) in [4.78, 5) is 4.54. The quantitative estimate of drug-likeness (QED) is 0.878. The van der Waals surface area contributed by atoms with Crippen LogP contribution in [0.1, 0.15) is 19.3 Å². The molecule has 3 nitrogen and oxygen atoms in total. The van der Waals surface area contributed by atoms with Crippen LogP contribution >= 0.6 is 22.9 Å². The van der Waals surface area contributed by atoms with Gasteiger partial charge >= 0.3 is 0 Å².